The first-order chi connectivity index (χ1) is 6.16. The average Bonchev–Trinajstić information content (AvgIpc) is 2.46. The maximum atomic E-state index is 12.6. The lowest BCUT2D eigenvalue weighted by atomic mass is 10.3. The van der Waals surface area contributed by atoms with Crippen LogP contribution in [0.3, 0.4) is 0 Å². The maximum absolute atomic E-state index is 12.6. The monoisotopic (exact) mass is 218 g/mol. The van der Waals surface area contributed by atoms with Gasteiger partial charge in [0, 0.05) is 5.02 Å². The second kappa shape index (κ2) is 3.16. The van der Waals surface area contributed by atoms with Gasteiger partial charge in [0.05, 0.1) is 11.0 Å². The first kappa shape index (κ1) is 8.78. The lowest BCUT2D eigenvalue weighted by molar-refractivity contribution is 0.444. The fourth-order valence-corrected chi connectivity index (χ4v) is 1.38. The van der Waals surface area contributed by atoms with E-state index in [0.717, 1.165) is 0 Å². The largest absolute Gasteiger partial charge is 0.338 e. The molecular formula is C8H5Cl2FN2. The molecule has 0 spiro atoms. The Bertz CT molecular complexity index is 439. The van der Waals surface area contributed by atoms with E-state index in [2.05, 4.69) is 9.97 Å². The number of hydrogen-bond donors (Lipinski definition) is 1. The van der Waals surface area contributed by atoms with Crippen LogP contribution in [0, 0.1) is 0 Å². The minimum Gasteiger partial charge on any atom is -0.338 e. The summed E-state index contributed by atoms with van der Waals surface area (Å²) in [4.78, 5) is 6.67. The summed E-state index contributed by atoms with van der Waals surface area (Å²) in [5.74, 6) is 0.110. The van der Waals surface area contributed by atoms with Gasteiger partial charge in [-0.25, -0.2) is 9.37 Å². The van der Waals surface area contributed by atoms with E-state index < -0.39 is 5.63 Å². The minimum absolute atomic E-state index is 0.110. The van der Waals surface area contributed by atoms with E-state index in [9.17, 15) is 4.39 Å². The van der Waals surface area contributed by atoms with Crippen LogP contribution in [0.15, 0.2) is 18.2 Å². The van der Waals surface area contributed by atoms with E-state index in [1.165, 1.54) is 0 Å². The summed E-state index contributed by atoms with van der Waals surface area (Å²) in [7, 11) is 0. The van der Waals surface area contributed by atoms with Crippen molar-refractivity contribution in [1.29, 1.82) is 0 Å². The fourth-order valence-electron chi connectivity index (χ4n) is 1.10. The van der Waals surface area contributed by atoms with Crippen molar-refractivity contribution in [2.24, 2.45) is 0 Å². The highest BCUT2D eigenvalue weighted by molar-refractivity contribution is 6.31. The Morgan fingerprint density at radius 3 is 2.92 bits per heavy atom. The highest BCUT2D eigenvalue weighted by Gasteiger charge is 2.10. The topological polar surface area (TPSA) is 28.7 Å². The summed E-state index contributed by atoms with van der Waals surface area (Å²) in [6, 6.07) is 5.07. The zero-order valence-corrected chi connectivity index (χ0v) is 7.90. The molecule has 2 nitrogen and oxygen atoms in total. The molecule has 0 saturated carbocycles. The maximum Gasteiger partial charge on any atom is 0.230 e. The van der Waals surface area contributed by atoms with Gasteiger partial charge in [-0.15, -0.1) is 0 Å². The number of hydrogen-bond acceptors (Lipinski definition) is 1. The van der Waals surface area contributed by atoms with Gasteiger partial charge in [0.15, 0.2) is 5.82 Å². The molecule has 1 atom stereocenters. The van der Waals surface area contributed by atoms with E-state index in [4.69, 9.17) is 23.2 Å². The minimum atomic E-state index is -1.61. The molecule has 0 saturated heterocycles. The van der Waals surface area contributed by atoms with Gasteiger partial charge in [0.2, 0.25) is 5.63 Å². The van der Waals surface area contributed by atoms with Crippen LogP contribution in [-0.4, -0.2) is 9.97 Å². The molecule has 68 valence electrons. The molecule has 5 heteroatoms. The molecular weight excluding hydrogens is 214 g/mol. The molecule has 1 N–H and O–H groups in total. The number of alkyl halides is 2. The molecule has 0 aliphatic heterocycles. The Kier molecular flexibility index (Phi) is 2.14. The van der Waals surface area contributed by atoms with Crippen LogP contribution in [0.2, 0.25) is 5.02 Å². The molecule has 1 heterocycles. The average molecular weight is 219 g/mol. The molecule has 13 heavy (non-hydrogen) atoms. The molecule has 0 fully saturated rings. The van der Waals surface area contributed by atoms with E-state index in [1.807, 2.05) is 0 Å². The lowest BCUT2D eigenvalue weighted by Crippen LogP contribution is -1.83. The van der Waals surface area contributed by atoms with Gasteiger partial charge in [0.1, 0.15) is 0 Å². The molecule has 2 rings (SSSR count). The number of aromatic amines is 1. The van der Waals surface area contributed by atoms with Crippen LogP contribution in [0.1, 0.15) is 11.5 Å². The summed E-state index contributed by atoms with van der Waals surface area (Å²) >= 11 is 11.0. The Morgan fingerprint density at radius 1 is 1.46 bits per heavy atom. The van der Waals surface area contributed by atoms with Gasteiger partial charge in [-0.05, 0) is 18.2 Å². The number of imidazole rings is 1. The van der Waals surface area contributed by atoms with Crippen molar-refractivity contribution in [3.8, 4) is 0 Å². The Balaban J connectivity index is 2.62. The first-order valence-electron chi connectivity index (χ1n) is 3.60. The number of H-pyrrole nitrogens is 1. The molecule has 1 aromatic carbocycles. The molecule has 2 aromatic rings. The zero-order chi connectivity index (χ0) is 9.42. The van der Waals surface area contributed by atoms with Gasteiger partial charge < -0.3 is 4.98 Å². The smallest absolute Gasteiger partial charge is 0.230 e. The van der Waals surface area contributed by atoms with Gasteiger partial charge in [-0.3, -0.25) is 0 Å². The molecule has 0 radical (unpaired) electrons. The van der Waals surface area contributed by atoms with Gasteiger partial charge in [-0.1, -0.05) is 23.2 Å². The molecule has 1 unspecified atom stereocenters. The highest BCUT2D eigenvalue weighted by Crippen LogP contribution is 2.23. The number of aromatic nitrogens is 2. The summed E-state index contributed by atoms with van der Waals surface area (Å²) in [5, 5.41) is 0.577. The summed E-state index contributed by atoms with van der Waals surface area (Å²) in [5.41, 5.74) is -0.264. The van der Waals surface area contributed by atoms with E-state index in [1.54, 1.807) is 18.2 Å². The van der Waals surface area contributed by atoms with Gasteiger partial charge in [-0.2, -0.15) is 0 Å². The number of benzene rings is 1. The van der Waals surface area contributed by atoms with E-state index in [0.29, 0.717) is 16.1 Å². The van der Waals surface area contributed by atoms with E-state index in [-0.39, 0.29) is 5.82 Å². The Hall–Kier alpha value is -0.800. The first-order valence-corrected chi connectivity index (χ1v) is 4.41. The second-order valence-corrected chi connectivity index (χ2v) is 3.40. The number of rotatable bonds is 1. The number of nitrogens with zero attached hydrogens (tertiary/aromatic N) is 1. The summed E-state index contributed by atoms with van der Waals surface area (Å²) in [6.07, 6.45) is 0. The van der Waals surface area contributed by atoms with Crippen LogP contribution >= 0.6 is 23.2 Å². The highest BCUT2D eigenvalue weighted by atomic mass is 35.5. The SMILES string of the molecule is FC(Cl)c1nc2ccc(Cl)cc2[nH]1. The van der Waals surface area contributed by atoms with Crippen molar-refractivity contribution in [3.05, 3.63) is 29.0 Å². The van der Waals surface area contributed by atoms with Crippen molar-refractivity contribution in [2.45, 2.75) is 5.63 Å². The quantitative estimate of drug-likeness (QED) is 0.731. The third kappa shape index (κ3) is 1.62. The van der Waals surface area contributed by atoms with Crippen LogP contribution in [0.5, 0.6) is 0 Å². The number of fused-ring (bicyclic) bond motifs is 1. The number of nitrogens with one attached hydrogen (secondary N) is 1. The van der Waals surface area contributed by atoms with Crippen molar-refractivity contribution >= 4 is 34.2 Å². The van der Waals surface area contributed by atoms with Crippen molar-refractivity contribution in [2.75, 3.05) is 0 Å². The van der Waals surface area contributed by atoms with Crippen LogP contribution < -0.4 is 0 Å². The van der Waals surface area contributed by atoms with Crippen LogP contribution in [-0.2, 0) is 0 Å². The number of halogens is 3. The van der Waals surface area contributed by atoms with Crippen molar-refractivity contribution in [3.63, 3.8) is 0 Å². The molecule has 0 aliphatic carbocycles. The molecule has 1 aromatic heterocycles. The standard InChI is InChI=1S/C8H5Cl2FN2/c9-4-1-2-5-6(3-4)13-8(12-5)7(10)11/h1-3,7H,(H,12,13). The van der Waals surface area contributed by atoms with Gasteiger partial charge in [0.25, 0.3) is 0 Å². The Morgan fingerprint density at radius 2 is 2.23 bits per heavy atom. The Labute approximate surface area is 83.7 Å². The molecule has 0 bridgehead atoms. The van der Waals surface area contributed by atoms with Crippen LogP contribution in [0.25, 0.3) is 11.0 Å². The lowest BCUT2D eigenvalue weighted by Gasteiger charge is -1.89. The van der Waals surface area contributed by atoms with Crippen molar-refractivity contribution < 1.29 is 4.39 Å². The predicted molar refractivity (Wildman–Crippen MR) is 50.8 cm³/mol. The molecule has 0 aliphatic rings. The van der Waals surface area contributed by atoms with Crippen molar-refractivity contribution in [1.82, 2.24) is 9.97 Å². The third-order valence-corrected chi connectivity index (χ3v) is 2.11. The van der Waals surface area contributed by atoms with Gasteiger partial charge >= 0.3 is 0 Å². The second-order valence-electron chi connectivity index (χ2n) is 2.58. The molecule has 0 amide bonds. The van der Waals surface area contributed by atoms with E-state index >= 15 is 0 Å². The fraction of sp³-hybridized carbons (Fsp3) is 0.125. The zero-order valence-electron chi connectivity index (χ0n) is 6.39. The summed E-state index contributed by atoms with van der Waals surface area (Å²) < 4.78 is 12.6. The van der Waals surface area contributed by atoms with Crippen LogP contribution in [0.4, 0.5) is 4.39 Å². The third-order valence-electron chi connectivity index (χ3n) is 1.67. The predicted octanol–water partition coefficient (Wildman–Crippen LogP) is 3.42. The summed E-state index contributed by atoms with van der Waals surface area (Å²) in [6.45, 7) is 0. The normalized spacial score (nSPS) is 13.5.